The van der Waals surface area contributed by atoms with Gasteiger partial charge in [0, 0.05) is 39.6 Å². The van der Waals surface area contributed by atoms with Crippen molar-refractivity contribution in [1.29, 1.82) is 0 Å². The van der Waals surface area contributed by atoms with E-state index in [1.165, 1.54) is 7.05 Å². The van der Waals surface area contributed by atoms with Crippen molar-refractivity contribution in [1.82, 2.24) is 20.1 Å². The molecule has 0 radical (unpaired) electrons. The van der Waals surface area contributed by atoms with Crippen molar-refractivity contribution in [2.45, 2.75) is 31.7 Å². The van der Waals surface area contributed by atoms with E-state index in [1.807, 2.05) is 6.07 Å². The van der Waals surface area contributed by atoms with Gasteiger partial charge >= 0.3 is 0 Å². The summed E-state index contributed by atoms with van der Waals surface area (Å²) in [6.07, 6.45) is 4.95. The zero-order valence-electron chi connectivity index (χ0n) is 22.5. The Morgan fingerprint density at radius 1 is 1.05 bits per heavy atom. The van der Waals surface area contributed by atoms with Crippen LogP contribution in [0.1, 0.15) is 46.4 Å². The number of hydrogen-bond acceptors (Lipinski definition) is 9. The number of fused-ring (bicyclic) bond motifs is 1. The number of carbonyl (C=O) groups excluding carboxylic acids is 5. The molecule has 2 aliphatic rings. The first-order chi connectivity index (χ1) is 19.5. The summed E-state index contributed by atoms with van der Waals surface area (Å²) in [5.41, 5.74) is 1.46. The molecule has 12 heteroatoms. The van der Waals surface area contributed by atoms with Crippen LogP contribution < -0.4 is 20.3 Å². The molecule has 1 fully saturated rings. The molecule has 12 nitrogen and oxygen atoms in total. The van der Waals surface area contributed by atoms with Gasteiger partial charge in [0.1, 0.15) is 23.9 Å². The van der Waals surface area contributed by atoms with Crippen LogP contribution in [0.15, 0.2) is 36.5 Å². The van der Waals surface area contributed by atoms with E-state index in [-0.39, 0.29) is 24.0 Å². The van der Waals surface area contributed by atoms with Gasteiger partial charge in [-0.1, -0.05) is 0 Å². The molecule has 212 valence electrons. The molecule has 1 aromatic carbocycles. The van der Waals surface area contributed by atoms with Gasteiger partial charge in [0.25, 0.3) is 11.8 Å². The first-order valence-corrected chi connectivity index (χ1v) is 13.4. The number of pyridine rings is 1. The highest BCUT2D eigenvalue weighted by Gasteiger charge is 2.42. The number of hydrogen-bond donors (Lipinski definition) is 2. The Kier molecular flexibility index (Phi) is 9.79. The van der Waals surface area contributed by atoms with Gasteiger partial charge in [0.05, 0.1) is 29.6 Å². The number of aromatic nitrogens is 1. The predicted molar refractivity (Wildman–Crippen MR) is 147 cm³/mol. The van der Waals surface area contributed by atoms with Gasteiger partial charge in [-0.05, 0) is 56.1 Å². The van der Waals surface area contributed by atoms with E-state index < -0.39 is 23.8 Å². The molecule has 1 saturated heterocycles. The van der Waals surface area contributed by atoms with E-state index in [2.05, 4.69) is 25.4 Å². The lowest BCUT2D eigenvalue weighted by molar-refractivity contribution is -0.124. The SMILES string of the molecule is CNC(=O)C(CCC=O)N1C(=O)c2ccc(OCCCCN3CCN(c4ccc(NC=O)nc4)CC3)cc2C1=O. The fourth-order valence-corrected chi connectivity index (χ4v) is 4.96. The summed E-state index contributed by atoms with van der Waals surface area (Å²) in [5.74, 6) is -0.582. The highest BCUT2D eigenvalue weighted by molar-refractivity contribution is 6.23. The second-order valence-electron chi connectivity index (χ2n) is 9.61. The van der Waals surface area contributed by atoms with Crippen molar-refractivity contribution in [3.05, 3.63) is 47.7 Å². The van der Waals surface area contributed by atoms with Crippen molar-refractivity contribution in [2.24, 2.45) is 0 Å². The molecule has 1 unspecified atom stereocenters. The van der Waals surface area contributed by atoms with E-state index in [0.717, 1.165) is 56.2 Å². The van der Waals surface area contributed by atoms with Gasteiger partial charge in [-0.25, -0.2) is 4.98 Å². The average Bonchev–Trinajstić information content (AvgIpc) is 3.22. The second-order valence-corrected chi connectivity index (χ2v) is 9.61. The Labute approximate surface area is 232 Å². The Morgan fingerprint density at radius 2 is 1.82 bits per heavy atom. The Bertz CT molecular complexity index is 1230. The number of imide groups is 1. The lowest BCUT2D eigenvalue weighted by Gasteiger charge is -2.36. The maximum atomic E-state index is 13.0. The van der Waals surface area contributed by atoms with Crippen molar-refractivity contribution in [3.8, 4) is 5.75 Å². The highest BCUT2D eigenvalue weighted by atomic mass is 16.5. The number of benzene rings is 1. The molecule has 2 aromatic rings. The van der Waals surface area contributed by atoms with E-state index in [0.29, 0.717) is 30.9 Å². The number of unbranched alkanes of at least 4 members (excludes halogenated alkanes) is 1. The Balaban J connectivity index is 1.21. The van der Waals surface area contributed by atoms with Crippen molar-refractivity contribution >= 4 is 41.9 Å². The van der Waals surface area contributed by atoms with Gasteiger partial charge in [-0.15, -0.1) is 0 Å². The summed E-state index contributed by atoms with van der Waals surface area (Å²) in [6, 6.07) is 7.46. The van der Waals surface area contributed by atoms with Crippen LogP contribution in [0.5, 0.6) is 5.75 Å². The molecule has 2 aliphatic heterocycles. The highest BCUT2D eigenvalue weighted by Crippen LogP contribution is 2.29. The van der Waals surface area contributed by atoms with Crippen LogP contribution in [0.3, 0.4) is 0 Å². The molecular formula is C28H34N6O6. The molecule has 0 bridgehead atoms. The first-order valence-electron chi connectivity index (χ1n) is 13.4. The molecule has 40 heavy (non-hydrogen) atoms. The smallest absolute Gasteiger partial charge is 0.262 e. The lowest BCUT2D eigenvalue weighted by atomic mass is 10.1. The minimum atomic E-state index is -1.04. The van der Waals surface area contributed by atoms with Gasteiger partial charge in [0.15, 0.2) is 0 Å². The molecule has 2 N–H and O–H groups in total. The number of piperazine rings is 1. The number of likely N-dealkylation sites (N-methyl/N-ethyl adjacent to an activating group) is 1. The number of rotatable bonds is 14. The topological polar surface area (TPSA) is 141 Å². The molecular weight excluding hydrogens is 516 g/mol. The minimum Gasteiger partial charge on any atom is -0.494 e. The molecule has 0 saturated carbocycles. The molecule has 0 spiro atoms. The van der Waals surface area contributed by atoms with Gasteiger partial charge in [0.2, 0.25) is 12.3 Å². The van der Waals surface area contributed by atoms with Crippen molar-refractivity contribution in [3.63, 3.8) is 0 Å². The minimum absolute atomic E-state index is 0.0577. The van der Waals surface area contributed by atoms with E-state index in [1.54, 1.807) is 30.5 Å². The zero-order valence-corrected chi connectivity index (χ0v) is 22.5. The molecule has 3 heterocycles. The summed E-state index contributed by atoms with van der Waals surface area (Å²) >= 11 is 0. The fraction of sp³-hybridized carbons (Fsp3) is 0.429. The monoisotopic (exact) mass is 550 g/mol. The number of amides is 4. The average molecular weight is 551 g/mol. The van der Waals surface area contributed by atoms with Crippen LogP contribution in [0.4, 0.5) is 11.5 Å². The van der Waals surface area contributed by atoms with Crippen LogP contribution >= 0.6 is 0 Å². The molecule has 1 aromatic heterocycles. The maximum Gasteiger partial charge on any atom is 0.262 e. The quantitative estimate of drug-likeness (QED) is 0.202. The van der Waals surface area contributed by atoms with E-state index >= 15 is 0 Å². The van der Waals surface area contributed by atoms with Crippen molar-refractivity contribution in [2.75, 3.05) is 56.6 Å². The summed E-state index contributed by atoms with van der Waals surface area (Å²) in [4.78, 5) is 69.5. The van der Waals surface area contributed by atoms with Crippen LogP contribution in [0, 0.1) is 0 Å². The summed E-state index contributed by atoms with van der Waals surface area (Å²) in [7, 11) is 1.43. The van der Waals surface area contributed by atoms with E-state index in [9.17, 15) is 24.0 Å². The van der Waals surface area contributed by atoms with Crippen molar-refractivity contribution < 1.29 is 28.7 Å². The predicted octanol–water partition coefficient (Wildman–Crippen LogP) is 1.32. The normalized spacial score (nSPS) is 15.9. The number of aldehydes is 1. The number of nitrogens with one attached hydrogen (secondary N) is 2. The Hall–Kier alpha value is -4.32. The van der Waals surface area contributed by atoms with E-state index in [4.69, 9.17) is 4.74 Å². The van der Waals surface area contributed by atoms with Crippen LogP contribution in [0.25, 0.3) is 0 Å². The number of carbonyl (C=O) groups is 5. The van der Waals surface area contributed by atoms with Crippen LogP contribution in [-0.4, -0.2) is 97.6 Å². The fourth-order valence-electron chi connectivity index (χ4n) is 4.96. The third-order valence-electron chi connectivity index (χ3n) is 7.14. The standard InChI is InChI=1S/C28H34N6O6/c1-29-26(37)24(5-4-15-35)34-27(38)22-8-7-21(17-23(22)28(34)39)40-16-3-2-10-32-11-13-33(14-12-32)20-6-9-25(30-18-20)31-19-36/h6-9,15,17-19,24H,2-5,10-14,16H2,1H3,(H,29,37)(H,30,31,36). The third-order valence-corrected chi connectivity index (χ3v) is 7.14. The number of nitrogens with zero attached hydrogens (tertiary/aromatic N) is 4. The second kappa shape index (κ2) is 13.7. The zero-order chi connectivity index (χ0) is 28.5. The third kappa shape index (κ3) is 6.63. The van der Waals surface area contributed by atoms with Gasteiger partial charge in [-0.2, -0.15) is 0 Å². The van der Waals surface area contributed by atoms with Crippen LogP contribution in [-0.2, 0) is 14.4 Å². The number of anilines is 2. The van der Waals surface area contributed by atoms with Gasteiger partial charge < -0.3 is 25.1 Å². The molecule has 4 rings (SSSR count). The first kappa shape index (κ1) is 28.7. The molecule has 0 aliphatic carbocycles. The summed E-state index contributed by atoms with van der Waals surface area (Å²) in [5, 5.41) is 5.00. The summed E-state index contributed by atoms with van der Waals surface area (Å²) < 4.78 is 5.87. The summed E-state index contributed by atoms with van der Waals surface area (Å²) in [6.45, 7) is 5.09. The maximum absolute atomic E-state index is 13.0. The van der Waals surface area contributed by atoms with Gasteiger partial charge in [-0.3, -0.25) is 29.0 Å². The van der Waals surface area contributed by atoms with Crippen LogP contribution in [0.2, 0.25) is 0 Å². The molecule has 1 atom stereocenters. The number of ether oxygens (including phenoxy) is 1. The largest absolute Gasteiger partial charge is 0.494 e. The molecule has 4 amide bonds. The Morgan fingerprint density at radius 3 is 2.50 bits per heavy atom. The lowest BCUT2D eigenvalue weighted by Crippen LogP contribution is -2.48.